The molecule has 3 heteroatoms. The molecule has 0 unspecified atom stereocenters. The van der Waals surface area contributed by atoms with E-state index in [9.17, 15) is 4.79 Å². The summed E-state index contributed by atoms with van der Waals surface area (Å²) in [5, 5.41) is 3.08. The Morgan fingerprint density at radius 3 is 2.64 bits per heavy atom. The first-order chi connectivity index (χ1) is 10.7. The third kappa shape index (κ3) is 4.84. The van der Waals surface area contributed by atoms with Crippen LogP contribution in [-0.4, -0.2) is 30.4 Å². The van der Waals surface area contributed by atoms with E-state index in [4.69, 9.17) is 0 Å². The molecule has 0 aromatic heterocycles. The van der Waals surface area contributed by atoms with Crippen molar-refractivity contribution in [1.29, 1.82) is 0 Å². The van der Waals surface area contributed by atoms with Crippen LogP contribution in [0.2, 0.25) is 0 Å². The Bertz CT molecular complexity index is 468. The van der Waals surface area contributed by atoms with E-state index in [1.54, 1.807) is 0 Å². The zero-order valence-corrected chi connectivity index (χ0v) is 14.1. The third-order valence-corrected chi connectivity index (χ3v) is 4.77. The lowest BCUT2D eigenvalue weighted by Gasteiger charge is -2.28. The van der Waals surface area contributed by atoms with Gasteiger partial charge in [0, 0.05) is 25.6 Å². The van der Waals surface area contributed by atoms with Gasteiger partial charge in [-0.3, -0.25) is 9.69 Å². The number of rotatable bonds is 8. The van der Waals surface area contributed by atoms with Crippen LogP contribution < -0.4 is 5.32 Å². The van der Waals surface area contributed by atoms with Gasteiger partial charge >= 0.3 is 0 Å². The average molecular weight is 302 g/mol. The van der Waals surface area contributed by atoms with Crippen LogP contribution in [0.5, 0.6) is 0 Å². The van der Waals surface area contributed by atoms with Crippen LogP contribution in [-0.2, 0) is 17.8 Å². The summed E-state index contributed by atoms with van der Waals surface area (Å²) >= 11 is 0. The minimum Gasteiger partial charge on any atom is -0.356 e. The fraction of sp³-hybridized carbons (Fsp3) is 0.632. The number of fused-ring (bicyclic) bond motifs is 1. The van der Waals surface area contributed by atoms with Gasteiger partial charge in [0.25, 0.3) is 0 Å². The van der Waals surface area contributed by atoms with Crippen molar-refractivity contribution in [1.82, 2.24) is 10.2 Å². The number of hydrogen-bond acceptors (Lipinski definition) is 2. The van der Waals surface area contributed by atoms with Gasteiger partial charge in [0.2, 0.25) is 5.91 Å². The quantitative estimate of drug-likeness (QED) is 0.747. The van der Waals surface area contributed by atoms with Crippen LogP contribution in [0.1, 0.15) is 50.7 Å². The summed E-state index contributed by atoms with van der Waals surface area (Å²) in [6.45, 7) is 8.37. The summed E-state index contributed by atoms with van der Waals surface area (Å²) in [6.07, 6.45) is 5.28. The molecule has 1 aromatic rings. The van der Waals surface area contributed by atoms with Gasteiger partial charge < -0.3 is 5.32 Å². The predicted octanol–water partition coefficient (Wildman–Crippen LogP) is 3.38. The summed E-state index contributed by atoms with van der Waals surface area (Å²) in [5.74, 6) is 0.426. The van der Waals surface area contributed by atoms with Crippen LogP contribution in [0.4, 0.5) is 0 Å². The molecule has 122 valence electrons. The second-order valence-electron chi connectivity index (χ2n) is 6.31. The van der Waals surface area contributed by atoms with Crippen molar-refractivity contribution in [2.75, 3.05) is 19.6 Å². The lowest BCUT2D eigenvalue weighted by molar-refractivity contribution is -0.125. The van der Waals surface area contributed by atoms with Gasteiger partial charge in [0.15, 0.2) is 0 Å². The number of carbonyl (C=O) groups is 1. The van der Waals surface area contributed by atoms with Crippen LogP contribution >= 0.6 is 0 Å². The number of hydrogen-bond donors (Lipinski definition) is 1. The highest BCUT2D eigenvalue weighted by atomic mass is 16.1. The molecule has 1 aliphatic heterocycles. The molecular weight excluding hydrogens is 272 g/mol. The maximum absolute atomic E-state index is 11.9. The lowest BCUT2D eigenvalue weighted by Crippen LogP contribution is -2.33. The van der Waals surface area contributed by atoms with E-state index in [0.717, 1.165) is 51.9 Å². The summed E-state index contributed by atoms with van der Waals surface area (Å²) < 4.78 is 0. The molecule has 1 amide bonds. The smallest absolute Gasteiger partial charge is 0.223 e. The standard InChI is InChI=1S/C19H30N2O/c1-3-16(4-2)19(22)20-12-7-8-13-21-14-11-17-9-5-6-10-18(17)15-21/h5-6,9-10,16H,3-4,7-8,11-15H2,1-2H3,(H,20,22). The Morgan fingerprint density at radius 2 is 1.91 bits per heavy atom. The summed E-state index contributed by atoms with van der Waals surface area (Å²) in [5.41, 5.74) is 2.99. The number of nitrogens with one attached hydrogen (secondary N) is 1. The molecule has 3 nitrogen and oxygen atoms in total. The van der Waals surface area contributed by atoms with Crippen molar-refractivity contribution in [3.05, 3.63) is 35.4 Å². The predicted molar refractivity (Wildman–Crippen MR) is 91.7 cm³/mol. The number of carbonyl (C=O) groups excluding carboxylic acids is 1. The molecular formula is C19H30N2O. The lowest BCUT2D eigenvalue weighted by atomic mass is 10.00. The zero-order valence-electron chi connectivity index (χ0n) is 14.1. The highest BCUT2D eigenvalue weighted by molar-refractivity contribution is 5.78. The van der Waals surface area contributed by atoms with E-state index in [1.165, 1.54) is 17.5 Å². The number of amides is 1. The van der Waals surface area contributed by atoms with Crippen molar-refractivity contribution in [2.45, 2.75) is 52.5 Å². The number of nitrogens with zero attached hydrogens (tertiary/aromatic N) is 1. The molecule has 1 heterocycles. The SMILES string of the molecule is CCC(CC)C(=O)NCCCCN1CCc2ccccc2C1. The fourth-order valence-electron chi connectivity index (χ4n) is 3.22. The monoisotopic (exact) mass is 302 g/mol. The normalized spacial score (nSPS) is 14.9. The maximum atomic E-state index is 11.9. The van der Waals surface area contributed by atoms with E-state index >= 15 is 0 Å². The average Bonchev–Trinajstić information content (AvgIpc) is 2.55. The van der Waals surface area contributed by atoms with E-state index < -0.39 is 0 Å². The minimum atomic E-state index is 0.193. The molecule has 0 radical (unpaired) electrons. The highest BCUT2D eigenvalue weighted by Gasteiger charge is 2.15. The van der Waals surface area contributed by atoms with Gasteiger partial charge in [-0.15, -0.1) is 0 Å². The Balaban J connectivity index is 1.61. The summed E-state index contributed by atoms with van der Waals surface area (Å²) in [7, 11) is 0. The molecule has 2 rings (SSSR count). The Labute approximate surface area is 135 Å². The fourth-order valence-corrected chi connectivity index (χ4v) is 3.22. The van der Waals surface area contributed by atoms with Gasteiger partial charge in [-0.05, 0) is 49.8 Å². The van der Waals surface area contributed by atoms with Crippen LogP contribution in [0.15, 0.2) is 24.3 Å². The van der Waals surface area contributed by atoms with Gasteiger partial charge in [-0.25, -0.2) is 0 Å². The van der Waals surface area contributed by atoms with Gasteiger partial charge in [-0.1, -0.05) is 38.1 Å². The van der Waals surface area contributed by atoms with Gasteiger partial charge in [0.05, 0.1) is 0 Å². The molecule has 0 aliphatic carbocycles. The largest absolute Gasteiger partial charge is 0.356 e. The molecule has 0 saturated heterocycles. The van der Waals surface area contributed by atoms with Crippen LogP contribution in [0, 0.1) is 5.92 Å². The van der Waals surface area contributed by atoms with Crippen molar-refractivity contribution in [3.63, 3.8) is 0 Å². The molecule has 1 aliphatic rings. The summed E-state index contributed by atoms with van der Waals surface area (Å²) in [4.78, 5) is 14.4. The van der Waals surface area contributed by atoms with E-state index in [1.807, 2.05) is 0 Å². The minimum absolute atomic E-state index is 0.193. The number of unbranched alkanes of at least 4 members (excludes halogenated alkanes) is 1. The molecule has 0 bridgehead atoms. The third-order valence-electron chi connectivity index (χ3n) is 4.77. The molecule has 1 N–H and O–H groups in total. The van der Waals surface area contributed by atoms with Crippen LogP contribution in [0.25, 0.3) is 0 Å². The van der Waals surface area contributed by atoms with Crippen molar-refractivity contribution < 1.29 is 4.79 Å². The van der Waals surface area contributed by atoms with Gasteiger partial charge in [-0.2, -0.15) is 0 Å². The molecule has 0 fully saturated rings. The Kier molecular flexibility index (Phi) is 6.91. The molecule has 1 aromatic carbocycles. The second kappa shape index (κ2) is 8.94. The first-order valence-corrected chi connectivity index (χ1v) is 8.81. The first-order valence-electron chi connectivity index (χ1n) is 8.81. The highest BCUT2D eigenvalue weighted by Crippen LogP contribution is 2.18. The molecule has 0 atom stereocenters. The second-order valence-corrected chi connectivity index (χ2v) is 6.31. The molecule has 22 heavy (non-hydrogen) atoms. The van der Waals surface area contributed by atoms with E-state index in [-0.39, 0.29) is 11.8 Å². The Morgan fingerprint density at radius 1 is 1.18 bits per heavy atom. The first kappa shape index (κ1) is 17.0. The molecule has 0 saturated carbocycles. The molecule has 0 spiro atoms. The van der Waals surface area contributed by atoms with E-state index in [2.05, 4.69) is 48.3 Å². The Hall–Kier alpha value is -1.35. The zero-order chi connectivity index (χ0) is 15.8. The van der Waals surface area contributed by atoms with Crippen molar-refractivity contribution in [3.8, 4) is 0 Å². The maximum Gasteiger partial charge on any atom is 0.223 e. The van der Waals surface area contributed by atoms with E-state index in [0.29, 0.717) is 0 Å². The van der Waals surface area contributed by atoms with Gasteiger partial charge in [0.1, 0.15) is 0 Å². The summed E-state index contributed by atoms with van der Waals surface area (Å²) in [6, 6.07) is 8.77. The van der Waals surface area contributed by atoms with Crippen LogP contribution in [0.3, 0.4) is 0 Å². The number of benzene rings is 1. The topological polar surface area (TPSA) is 32.3 Å². The van der Waals surface area contributed by atoms with Crippen molar-refractivity contribution >= 4 is 5.91 Å². The van der Waals surface area contributed by atoms with Crippen molar-refractivity contribution in [2.24, 2.45) is 5.92 Å².